The Kier molecular flexibility index (Phi) is 6.36. The van der Waals surface area contributed by atoms with Crippen LogP contribution in [0.1, 0.15) is 23.2 Å². The molecule has 0 aliphatic carbocycles. The molecule has 0 spiro atoms. The minimum atomic E-state index is -5.43. The zero-order valence-electron chi connectivity index (χ0n) is 16.1. The van der Waals surface area contributed by atoms with Gasteiger partial charge in [-0.3, -0.25) is 4.79 Å². The normalized spacial score (nSPS) is 14.8. The smallest absolute Gasteiger partial charge is 0.439 e. The van der Waals surface area contributed by atoms with Crippen LogP contribution in [0.3, 0.4) is 0 Å². The van der Waals surface area contributed by atoms with Crippen LogP contribution in [0.25, 0.3) is 0 Å². The molecule has 0 unspecified atom stereocenters. The lowest BCUT2D eigenvalue weighted by Gasteiger charge is -2.28. The molecule has 1 aromatic heterocycles. The third kappa shape index (κ3) is 5.29. The van der Waals surface area contributed by atoms with E-state index in [1.165, 1.54) is 4.90 Å². The van der Waals surface area contributed by atoms with Crippen molar-refractivity contribution in [2.24, 2.45) is 0 Å². The Morgan fingerprint density at radius 3 is 2.31 bits per heavy atom. The number of halogens is 6. The summed E-state index contributed by atoms with van der Waals surface area (Å²) in [7, 11) is -5.41. The molecule has 7 nitrogen and oxygen atoms in total. The summed E-state index contributed by atoms with van der Waals surface area (Å²) in [5.41, 5.74) is -5.46. The van der Waals surface area contributed by atoms with Crippen molar-refractivity contribution in [3.8, 4) is 11.6 Å². The molecule has 1 aliphatic heterocycles. The summed E-state index contributed by atoms with van der Waals surface area (Å²) in [5, 5.41) is 0. The van der Waals surface area contributed by atoms with Crippen LogP contribution >= 0.6 is 0 Å². The molecule has 2 aromatic rings. The average Bonchev–Trinajstić information content (AvgIpc) is 2.71. The molecule has 2 heterocycles. The maximum absolute atomic E-state index is 12.7. The molecule has 0 atom stereocenters. The number of amides is 1. The van der Waals surface area contributed by atoms with Gasteiger partial charge in [-0.1, -0.05) is 0 Å². The summed E-state index contributed by atoms with van der Waals surface area (Å²) in [4.78, 5) is 21.3. The number of carbonyl (C=O) groups is 1. The fraction of sp³-hybridized carbons (Fsp3) is 0.389. The van der Waals surface area contributed by atoms with E-state index in [-0.39, 0.29) is 31.1 Å². The SMILES string of the molecule is O=C(CCS(=O)(=O)C(F)(F)F)N1CCc2c(ncnc2Oc2ccc(C(F)(F)F)cc2)C1. The lowest BCUT2D eigenvalue weighted by molar-refractivity contribution is -0.137. The minimum Gasteiger partial charge on any atom is -0.439 e. The molecule has 14 heteroatoms. The van der Waals surface area contributed by atoms with Crippen molar-refractivity contribution >= 4 is 15.7 Å². The summed E-state index contributed by atoms with van der Waals surface area (Å²) in [6, 6.07) is 3.94. The van der Waals surface area contributed by atoms with Crippen molar-refractivity contribution in [2.75, 3.05) is 12.3 Å². The van der Waals surface area contributed by atoms with Gasteiger partial charge in [-0.05, 0) is 30.7 Å². The van der Waals surface area contributed by atoms with Gasteiger partial charge in [0.25, 0.3) is 0 Å². The van der Waals surface area contributed by atoms with Crippen molar-refractivity contribution < 1.29 is 44.3 Å². The lowest BCUT2D eigenvalue weighted by atomic mass is 10.1. The molecule has 174 valence electrons. The Balaban J connectivity index is 1.68. The number of aromatic nitrogens is 2. The third-order valence-corrected chi connectivity index (χ3v) is 6.10. The first kappa shape index (κ1) is 23.8. The number of nitrogens with zero attached hydrogens (tertiary/aromatic N) is 3. The average molecular weight is 483 g/mol. The van der Waals surface area contributed by atoms with Crippen LogP contribution < -0.4 is 4.74 Å². The summed E-state index contributed by atoms with van der Waals surface area (Å²) >= 11 is 0. The highest BCUT2D eigenvalue weighted by Gasteiger charge is 2.45. The molecule has 1 aliphatic rings. The number of sulfone groups is 1. The highest BCUT2D eigenvalue weighted by Crippen LogP contribution is 2.33. The first-order valence-corrected chi connectivity index (χ1v) is 10.7. The topological polar surface area (TPSA) is 89.5 Å². The van der Waals surface area contributed by atoms with Crippen LogP contribution in [0.4, 0.5) is 26.3 Å². The van der Waals surface area contributed by atoms with Gasteiger partial charge in [-0.15, -0.1) is 0 Å². The van der Waals surface area contributed by atoms with E-state index in [1.54, 1.807) is 0 Å². The van der Waals surface area contributed by atoms with Gasteiger partial charge in [0, 0.05) is 18.5 Å². The molecule has 0 saturated carbocycles. The van der Waals surface area contributed by atoms with Crippen LogP contribution in [-0.4, -0.2) is 47.0 Å². The van der Waals surface area contributed by atoms with Gasteiger partial charge in [-0.2, -0.15) is 26.3 Å². The second-order valence-corrected chi connectivity index (χ2v) is 8.91. The molecule has 0 N–H and O–H groups in total. The lowest BCUT2D eigenvalue weighted by Crippen LogP contribution is -2.38. The van der Waals surface area contributed by atoms with E-state index in [1.807, 2.05) is 0 Å². The third-order valence-electron chi connectivity index (χ3n) is 4.65. The molecular formula is C18H15F6N3O4S. The number of rotatable bonds is 5. The quantitative estimate of drug-likeness (QED) is 0.605. The van der Waals surface area contributed by atoms with Gasteiger partial charge < -0.3 is 9.64 Å². The minimum absolute atomic E-state index is 0.0502. The van der Waals surface area contributed by atoms with E-state index >= 15 is 0 Å². The van der Waals surface area contributed by atoms with Crippen molar-refractivity contribution in [3.63, 3.8) is 0 Å². The maximum atomic E-state index is 12.7. The van der Waals surface area contributed by atoms with Crippen LogP contribution in [0.5, 0.6) is 11.6 Å². The van der Waals surface area contributed by atoms with E-state index in [0.29, 0.717) is 11.3 Å². The highest BCUT2D eigenvalue weighted by molar-refractivity contribution is 7.92. The zero-order chi connectivity index (χ0) is 23.7. The Bertz CT molecular complexity index is 1100. The zero-order valence-corrected chi connectivity index (χ0v) is 16.9. The molecule has 0 radical (unpaired) electrons. The predicted octanol–water partition coefficient (Wildman–Crippen LogP) is 3.50. The van der Waals surface area contributed by atoms with Gasteiger partial charge >= 0.3 is 11.7 Å². The highest BCUT2D eigenvalue weighted by atomic mass is 32.2. The molecule has 0 saturated heterocycles. The molecule has 1 amide bonds. The van der Waals surface area contributed by atoms with Gasteiger partial charge in [0.1, 0.15) is 12.1 Å². The first-order valence-electron chi connectivity index (χ1n) is 9.02. The molecule has 0 fully saturated rings. The second kappa shape index (κ2) is 8.56. The number of benzene rings is 1. The van der Waals surface area contributed by atoms with Crippen molar-refractivity contribution in [2.45, 2.75) is 31.1 Å². The van der Waals surface area contributed by atoms with Crippen molar-refractivity contribution in [3.05, 3.63) is 47.4 Å². The van der Waals surface area contributed by atoms with E-state index in [2.05, 4.69) is 9.97 Å². The molecule has 3 rings (SSSR count). The number of fused-ring (bicyclic) bond motifs is 1. The van der Waals surface area contributed by atoms with Crippen LogP contribution in [0, 0.1) is 0 Å². The summed E-state index contributed by atoms with van der Waals surface area (Å²) in [6.45, 7) is -0.0548. The Hall–Kier alpha value is -2.90. The van der Waals surface area contributed by atoms with Crippen LogP contribution in [0.15, 0.2) is 30.6 Å². The fourth-order valence-corrected chi connectivity index (χ4v) is 3.62. The fourth-order valence-electron chi connectivity index (χ4n) is 2.94. The van der Waals surface area contributed by atoms with Crippen LogP contribution in [0.2, 0.25) is 0 Å². The summed E-state index contributed by atoms with van der Waals surface area (Å²) < 4.78 is 103. The number of hydrogen-bond acceptors (Lipinski definition) is 6. The second-order valence-electron chi connectivity index (χ2n) is 6.81. The number of carbonyl (C=O) groups excluding carboxylic acids is 1. The van der Waals surface area contributed by atoms with Gasteiger partial charge in [0.05, 0.1) is 23.6 Å². The number of ether oxygens (including phenoxy) is 1. The van der Waals surface area contributed by atoms with Gasteiger partial charge in [-0.25, -0.2) is 18.4 Å². The number of hydrogen-bond donors (Lipinski definition) is 0. The standard InChI is InChI=1S/C18H15F6N3O4S/c19-17(20,21)11-1-3-12(4-2-11)31-16-13-5-7-27(9-14(13)25-10-26-16)15(28)6-8-32(29,30)18(22,23)24/h1-4,10H,5-9H2. The maximum Gasteiger partial charge on any atom is 0.497 e. The monoisotopic (exact) mass is 483 g/mol. The van der Waals surface area contributed by atoms with Crippen LogP contribution in [-0.2, 0) is 33.8 Å². The molecular weight excluding hydrogens is 468 g/mol. The van der Waals surface area contributed by atoms with E-state index in [9.17, 15) is 39.6 Å². The van der Waals surface area contributed by atoms with Gasteiger partial charge in [0.2, 0.25) is 21.6 Å². The van der Waals surface area contributed by atoms with E-state index in [0.717, 1.165) is 30.6 Å². The number of alkyl halides is 6. The summed E-state index contributed by atoms with van der Waals surface area (Å²) in [5.74, 6) is -1.98. The predicted molar refractivity (Wildman–Crippen MR) is 97.1 cm³/mol. The summed E-state index contributed by atoms with van der Waals surface area (Å²) in [6.07, 6.45) is -4.07. The van der Waals surface area contributed by atoms with E-state index in [4.69, 9.17) is 4.74 Å². The first-order chi connectivity index (χ1) is 14.8. The largest absolute Gasteiger partial charge is 0.497 e. The van der Waals surface area contributed by atoms with Gasteiger partial charge in [0.15, 0.2) is 0 Å². The Morgan fingerprint density at radius 2 is 1.72 bits per heavy atom. The van der Waals surface area contributed by atoms with Crippen molar-refractivity contribution in [1.82, 2.24) is 14.9 Å². The van der Waals surface area contributed by atoms with E-state index < -0.39 is 45.2 Å². The molecule has 32 heavy (non-hydrogen) atoms. The Morgan fingerprint density at radius 1 is 1.06 bits per heavy atom. The Labute approximate surface area is 177 Å². The molecule has 0 bridgehead atoms. The molecule has 1 aromatic carbocycles. The van der Waals surface area contributed by atoms with Crippen molar-refractivity contribution in [1.29, 1.82) is 0 Å².